The van der Waals surface area contributed by atoms with Gasteiger partial charge in [0, 0.05) is 38.6 Å². The molecule has 0 atom stereocenters. The van der Waals surface area contributed by atoms with Gasteiger partial charge in [-0.25, -0.2) is 9.50 Å². The minimum atomic E-state index is -0.124. The van der Waals surface area contributed by atoms with Crippen LogP contribution in [0.1, 0.15) is 16.1 Å². The first kappa shape index (κ1) is 19.4. The van der Waals surface area contributed by atoms with Crippen LogP contribution >= 0.6 is 11.6 Å². The van der Waals surface area contributed by atoms with Gasteiger partial charge in [-0.3, -0.25) is 14.5 Å². The van der Waals surface area contributed by atoms with E-state index in [1.807, 2.05) is 24.0 Å². The van der Waals surface area contributed by atoms with Gasteiger partial charge in [0.2, 0.25) is 5.91 Å². The molecule has 2 amide bonds. The van der Waals surface area contributed by atoms with Crippen molar-refractivity contribution in [2.45, 2.75) is 6.92 Å². The number of hydrogen-bond donors (Lipinski definition) is 1. The molecule has 0 spiro atoms. The molecular formula is C20H21ClN6O2. The summed E-state index contributed by atoms with van der Waals surface area (Å²) in [5.41, 5.74) is 2.37. The Morgan fingerprint density at radius 2 is 1.90 bits per heavy atom. The minimum absolute atomic E-state index is 0.0728. The highest BCUT2D eigenvalue weighted by Crippen LogP contribution is 2.20. The molecule has 2 aromatic heterocycles. The van der Waals surface area contributed by atoms with E-state index < -0.39 is 0 Å². The molecule has 150 valence electrons. The smallest absolute Gasteiger partial charge is 0.259 e. The largest absolute Gasteiger partial charge is 0.336 e. The first-order chi connectivity index (χ1) is 14.0. The number of nitrogens with zero attached hydrogens (tertiary/aromatic N) is 5. The van der Waals surface area contributed by atoms with Crippen molar-refractivity contribution in [1.82, 2.24) is 24.4 Å². The SMILES string of the molecule is Cc1nn2cccnc2c1C(=O)N1CCN(CC(=O)Nc2ccccc2Cl)CC1. The van der Waals surface area contributed by atoms with Crippen LogP contribution in [0, 0.1) is 6.92 Å². The lowest BCUT2D eigenvalue weighted by atomic mass is 10.2. The van der Waals surface area contributed by atoms with Gasteiger partial charge in [0.25, 0.3) is 5.91 Å². The molecule has 0 radical (unpaired) electrons. The number of aryl methyl sites for hydroxylation is 1. The molecule has 9 heteroatoms. The van der Waals surface area contributed by atoms with Gasteiger partial charge in [-0.15, -0.1) is 0 Å². The Labute approximate surface area is 173 Å². The number of para-hydroxylation sites is 1. The predicted molar refractivity (Wildman–Crippen MR) is 110 cm³/mol. The van der Waals surface area contributed by atoms with Crippen molar-refractivity contribution in [3.63, 3.8) is 0 Å². The molecule has 3 aromatic rings. The van der Waals surface area contributed by atoms with Crippen molar-refractivity contribution in [3.05, 3.63) is 59.0 Å². The van der Waals surface area contributed by atoms with Gasteiger partial charge in [0.1, 0.15) is 5.56 Å². The van der Waals surface area contributed by atoms with Crippen molar-refractivity contribution in [3.8, 4) is 0 Å². The van der Waals surface area contributed by atoms with E-state index in [-0.39, 0.29) is 18.4 Å². The number of nitrogens with one attached hydrogen (secondary N) is 1. The summed E-state index contributed by atoms with van der Waals surface area (Å²) in [5.74, 6) is -0.197. The molecular weight excluding hydrogens is 392 g/mol. The molecule has 0 unspecified atom stereocenters. The van der Waals surface area contributed by atoms with Gasteiger partial charge in [0.15, 0.2) is 5.65 Å². The molecule has 1 aliphatic heterocycles. The summed E-state index contributed by atoms with van der Waals surface area (Å²) >= 11 is 6.08. The van der Waals surface area contributed by atoms with Gasteiger partial charge in [-0.05, 0) is 25.1 Å². The Morgan fingerprint density at radius 3 is 2.66 bits per heavy atom. The minimum Gasteiger partial charge on any atom is -0.336 e. The molecule has 3 heterocycles. The number of carbonyl (C=O) groups is 2. The number of rotatable bonds is 4. The summed E-state index contributed by atoms with van der Waals surface area (Å²) in [6, 6.07) is 8.92. The van der Waals surface area contributed by atoms with Crippen LogP contribution in [0.25, 0.3) is 5.65 Å². The Morgan fingerprint density at radius 1 is 1.14 bits per heavy atom. The highest BCUT2D eigenvalue weighted by Gasteiger charge is 2.27. The summed E-state index contributed by atoms with van der Waals surface area (Å²) in [4.78, 5) is 33.5. The zero-order valence-electron chi connectivity index (χ0n) is 16.0. The second-order valence-electron chi connectivity index (χ2n) is 6.94. The Hall–Kier alpha value is -2.97. The molecule has 1 fully saturated rings. The molecule has 1 saturated heterocycles. The summed E-state index contributed by atoms with van der Waals surface area (Å²) in [6.45, 7) is 4.39. The molecule has 1 N–H and O–H groups in total. The number of aromatic nitrogens is 3. The lowest BCUT2D eigenvalue weighted by Crippen LogP contribution is -2.50. The summed E-state index contributed by atoms with van der Waals surface area (Å²) < 4.78 is 1.62. The summed E-state index contributed by atoms with van der Waals surface area (Å²) in [7, 11) is 0. The highest BCUT2D eigenvalue weighted by molar-refractivity contribution is 6.33. The van der Waals surface area contributed by atoms with Crippen LogP contribution in [0.2, 0.25) is 5.02 Å². The van der Waals surface area contributed by atoms with Crippen LogP contribution in [0.15, 0.2) is 42.7 Å². The fourth-order valence-electron chi connectivity index (χ4n) is 3.47. The molecule has 1 aromatic carbocycles. The number of fused-ring (bicyclic) bond motifs is 1. The molecule has 0 saturated carbocycles. The first-order valence-electron chi connectivity index (χ1n) is 9.39. The number of carbonyl (C=O) groups excluding carboxylic acids is 2. The highest BCUT2D eigenvalue weighted by atomic mass is 35.5. The van der Waals surface area contributed by atoms with Gasteiger partial charge < -0.3 is 10.2 Å². The van der Waals surface area contributed by atoms with Crippen molar-refractivity contribution in [2.24, 2.45) is 0 Å². The van der Waals surface area contributed by atoms with E-state index in [4.69, 9.17) is 11.6 Å². The Bertz CT molecular complexity index is 1060. The Kier molecular flexibility index (Phi) is 5.46. The van der Waals surface area contributed by atoms with E-state index in [9.17, 15) is 9.59 Å². The molecule has 4 rings (SSSR count). The number of piperazine rings is 1. The number of hydrogen-bond acceptors (Lipinski definition) is 5. The third kappa shape index (κ3) is 4.08. The second-order valence-corrected chi connectivity index (χ2v) is 7.35. The first-order valence-corrected chi connectivity index (χ1v) is 9.76. The van der Waals surface area contributed by atoms with E-state index in [0.717, 1.165) is 0 Å². The van der Waals surface area contributed by atoms with E-state index in [0.29, 0.717) is 53.8 Å². The maximum absolute atomic E-state index is 13.0. The van der Waals surface area contributed by atoms with E-state index in [2.05, 4.69) is 15.4 Å². The lowest BCUT2D eigenvalue weighted by Gasteiger charge is -2.34. The van der Waals surface area contributed by atoms with Gasteiger partial charge >= 0.3 is 0 Å². The summed E-state index contributed by atoms with van der Waals surface area (Å²) in [5, 5.41) is 7.70. The number of anilines is 1. The normalized spacial score (nSPS) is 14.9. The van der Waals surface area contributed by atoms with Crippen LogP contribution in [-0.2, 0) is 4.79 Å². The molecule has 8 nitrogen and oxygen atoms in total. The quantitative estimate of drug-likeness (QED) is 0.709. The Balaban J connectivity index is 1.35. The third-order valence-electron chi connectivity index (χ3n) is 4.96. The lowest BCUT2D eigenvalue weighted by molar-refractivity contribution is -0.117. The maximum atomic E-state index is 13.0. The zero-order chi connectivity index (χ0) is 20.4. The van der Waals surface area contributed by atoms with Crippen LogP contribution in [0.3, 0.4) is 0 Å². The molecule has 0 aliphatic carbocycles. The van der Waals surface area contributed by atoms with E-state index in [1.54, 1.807) is 40.0 Å². The van der Waals surface area contributed by atoms with Crippen molar-refractivity contribution in [2.75, 3.05) is 38.0 Å². The fraction of sp³-hybridized carbons (Fsp3) is 0.300. The van der Waals surface area contributed by atoms with Crippen molar-refractivity contribution in [1.29, 1.82) is 0 Å². The van der Waals surface area contributed by atoms with Crippen LogP contribution in [-0.4, -0.2) is 68.9 Å². The van der Waals surface area contributed by atoms with Gasteiger partial charge in [-0.2, -0.15) is 5.10 Å². The van der Waals surface area contributed by atoms with Crippen molar-refractivity contribution < 1.29 is 9.59 Å². The molecule has 1 aliphatic rings. The number of benzene rings is 1. The monoisotopic (exact) mass is 412 g/mol. The third-order valence-corrected chi connectivity index (χ3v) is 5.29. The van der Waals surface area contributed by atoms with Crippen LogP contribution in [0.4, 0.5) is 5.69 Å². The van der Waals surface area contributed by atoms with Crippen LogP contribution in [0.5, 0.6) is 0 Å². The average Bonchev–Trinajstić information content (AvgIpc) is 3.05. The fourth-order valence-corrected chi connectivity index (χ4v) is 3.65. The number of amides is 2. The standard InChI is InChI=1S/C20H21ClN6O2/c1-14-18(19-22-7-4-8-27(19)24-14)20(29)26-11-9-25(10-12-26)13-17(28)23-16-6-3-2-5-15(16)21/h2-8H,9-13H2,1H3,(H,23,28). The maximum Gasteiger partial charge on any atom is 0.259 e. The van der Waals surface area contributed by atoms with E-state index in [1.165, 1.54) is 0 Å². The predicted octanol–water partition coefficient (Wildman–Crippen LogP) is 2.09. The topological polar surface area (TPSA) is 82.8 Å². The van der Waals surface area contributed by atoms with Crippen LogP contribution < -0.4 is 5.32 Å². The van der Waals surface area contributed by atoms with Gasteiger partial charge in [0.05, 0.1) is 22.9 Å². The summed E-state index contributed by atoms with van der Waals surface area (Å²) in [6.07, 6.45) is 3.43. The molecule has 0 bridgehead atoms. The number of halogens is 1. The zero-order valence-corrected chi connectivity index (χ0v) is 16.8. The molecule has 29 heavy (non-hydrogen) atoms. The van der Waals surface area contributed by atoms with Crippen molar-refractivity contribution >= 4 is 34.7 Å². The average molecular weight is 413 g/mol. The second kappa shape index (κ2) is 8.18. The van der Waals surface area contributed by atoms with Gasteiger partial charge in [-0.1, -0.05) is 23.7 Å². The van der Waals surface area contributed by atoms with E-state index >= 15 is 0 Å².